The molecule has 6 atom stereocenters. The third-order valence-corrected chi connectivity index (χ3v) is 8.00. The van der Waals surface area contributed by atoms with E-state index in [1.807, 2.05) is 61.2 Å². The van der Waals surface area contributed by atoms with Crippen LogP contribution in [0.4, 0.5) is 0 Å². The number of rotatable bonds is 15. The molecule has 0 unspecified atom stereocenters. The van der Waals surface area contributed by atoms with E-state index in [1.165, 1.54) is 5.56 Å². The van der Waals surface area contributed by atoms with Crippen LogP contribution in [0.15, 0.2) is 121 Å². The molecule has 0 bridgehead atoms. The predicted octanol–water partition coefficient (Wildman–Crippen LogP) is 7.12. The largest absolute Gasteiger partial charge is 0.374 e. The molecule has 0 aromatic heterocycles. The molecule has 2 aliphatic rings. The van der Waals surface area contributed by atoms with Crippen LogP contribution in [0.1, 0.15) is 34.6 Å². The molecule has 6 rings (SSSR count). The van der Waals surface area contributed by atoms with E-state index in [2.05, 4.69) is 66.7 Å². The van der Waals surface area contributed by atoms with Gasteiger partial charge in [-0.1, -0.05) is 121 Å². The van der Waals surface area contributed by atoms with Gasteiger partial charge in [-0.25, -0.2) is 0 Å². The van der Waals surface area contributed by atoms with Crippen LogP contribution < -0.4 is 0 Å². The van der Waals surface area contributed by atoms with Gasteiger partial charge in [-0.05, 0) is 40.5 Å². The van der Waals surface area contributed by atoms with Gasteiger partial charge >= 0.3 is 0 Å². The Balaban J connectivity index is 1.12. The van der Waals surface area contributed by atoms with E-state index in [-0.39, 0.29) is 24.4 Å². The first-order valence-corrected chi connectivity index (χ1v) is 14.9. The van der Waals surface area contributed by atoms with Crippen LogP contribution in [0, 0.1) is 12.5 Å². The van der Waals surface area contributed by atoms with Gasteiger partial charge in [0.05, 0.1) is 26.4 Å². The number of hydrogen-bond donors (Lipinski definition) is 0. The van der Waals surface area contributed by atoms with Crippen molar-refractivity contribution in [2.24, 2.45) is 5.92 Å². The Morgan fingerprint density at radius 2 is 1.12 bits per heavy atom. The molecule has 0 spiro atoms. The zero-order valence-electron chi connectivity index (χ0n) is 23.9. The molecule has 4 aromatic carbocycles. The Labute approximate surface area is 249 Å². The molecule has 4 aromatic rings. The second-order valence-electron chi connectivity index (χ2n) is 11.1. The van der Waals surface area contributed by atoms with Crippen LogP contribution >= 0.6 is 0 Å². The second-order valence-corrected chi connectivity index (χ2v) is 11.1. The van der Waals surface area contributed by atoms with E-state index in [0.717, 1.165) is 23.1 Å². The summed E-state index contributed by atoms with van der Waals surface area (Å²) in [6, 6.07) is 41.3. The Hall–Kier alpha value is -3.45. The molecule has 1 heterocycles. The summed E-state index contributed by atoms with van der Waals surface area (Å²) in [7, 11) is 0. The van der Waals surface area contributed by atoms with Crippen LogP contribution in [0.5, 0.6) is 0 Å². The van der Waals surface area contributed by atoms with Crippen molar-refractivity contribution in [2.75, 3.05) is 13.2 Å². The van der Waals surface area contributed by atoms with E-state index in [0.29, 0.717) is 44.9 Å². The molecule has 216 valence electrons. The molecular formula is C37H39O5+. The lowest BCUT2D eigenvalue weighted by atomic mass is 10.1. The first-order valence-electron chi connectivity index (χ1n) is 14.9. The first-order chi connectivity index (χ1) is 20.8. The monoisotopic (exact) mass is 563 g/mol. The Morgan fingerprint density at radius 1 is 0.595 bits per heavy atom. The first kappa shape index (κ1) is 28.7. The molecule has 1 saturated carbocycles. The fraction of sp³-hybridized carbons (Fsp3) is 0.324. The summed E-state index contributed by atoms with van der Waals surface area (Å²) in [5.41, 5.74) is 4.72. The van der Waals surface area contributed by atoms with Crippen LogP contribution in [0.2, 0.25) is 0 Å². The molecule has 1 saturated heterocycles. The highest BCUT2D eigenvalue weighted by Crippen LogP contribution is 2.47. The van der Waals surface area contributed by atoms with Crippen LogP contribution in [0.25, 0.3) is 0 Å². The van der Waals surface area contributed by atoms with E-state index in [9.17, 15) is 0 Å². The molecule has 0 N–H and O–H groups in total. The quantitative estimate of drug-likeness (QED) is 0.144. The average molecular weight is 564 g/mol. The van der Waals surface area contributed by atoms with Crippen LogP contribution in [0.3, 0.4) is 0 Å². The van der Waals surface area contributed by atoms with E-state index < -0.39 is 0 Å². The highest BCUT2D eigenvalue weighted by Gasteiger charge is 2.52. The van der Waals surface area contributed by atoms with Gasteiger partial charge in [0.15, 0.2) is 6.10 Å². The summed E-state index contributed by atoms with van der Waals surface area (Å²) in [5, 5.41) is 0. The zero-order chi connectivity index (χ0) is 28.4. The number of hydrogen-bond acceptors (Lipinski definition) is 5. The maximum Gasteiger partial charge on any atom is 0.260 e. The van der Waals surface area contributed by atoms with Gasteiger partial charge < -0.3 is 18.9 Å². The van der Waals surface area contributed by atoms with Crippen molar-refractivity contribution in [3.63, 3.8) is 0 Å². The zero-order valence-corrected chi connectivity index (χ0v) is 23.9. The maximum absolute atomic E-state index is 6.56. The summed E-state index contributed by atoms with van der Waals surface area (Å²) in [6.45, 7) is 4.31. The Morgan fingerprint density at radius 3 is 1.71 bits per heavy atom. The predicted molar refractivity (Wildman–Crippen MR) is 162 cm³/mol. The van der Waals surface area contributed by atoms with E-state index in [1.54, 1.807) is 0 Å². The van der Waals surface area contributed by atoms with Crippen LogP contribution in [-0.2, 0) is 43.5 Å². The summed E-state index contributed by atoms with van der Waals surface area (Å²) >= 11 is 0. The normalized spacial score (nSPS) is 24.9. The number of ether oxygens (including phenoxy) is 5. The Bertz CT molecular complexity index is 1320. The van der Waals surface area contributed by atoms with Crippen molar-refractivity contribution in [3.8, 4) is 0 Å². The van der Waals surface area contributed by atoms with Gasteiger partial charge in [-0.15, -0.1) is 0 Å². The minimum absolute atomic E-state index is 0.305. The second kappa shape index (κ2) is 14.6. The van der Waals surface area contributed by atoms with Gasteiger partial charge in [-0.3, -0.25) is 0 Å². The highest BCUT2D eigenvalue weighted by atomic mass is 16.6. The fourth-order valence-electron chi connectivity index (χ4n) is 5.61. The fourth-order valence-corrected chi connectivity index (χ4v) is 5.61. The summed E-state index contributed by atoms with van der Waals surface area (Å²) in [4.78, 5) is 0. The molecule has 0 amide bonds. The third-order valence-electron chi connectivity index (χ3n) is 8.00. The van der Waals surface area contributed by atoms with E-state index >= 15 is 0 Å². The topological polar surface area (TPSA) is 46.2 Å². The minimum Gasteiger partial charge on any atom is -0.374 e. The lowest BCUT2D eigenvalue weighted by Gasteiger charge is -2.23. The summed E-state index contributed by atoms with van der Waals surface area (Å²) in [6.07, 6.45) is -0.207. The van der Waals surface area contributed by atoms with Crippen LogP contribution in [-0.4, -0.2) is 37.6 Å². The lowest BCUT2D eigenvalue weighted by molar-refractivity contribution is -0.0899. The van der Waals surface area contributed by atoms with Crippen molar-refractivity contribution >= 4 is 0 Å². The van der Waals surface area contributed by atoms with Crippen molar-refractivity contribution in [2.45, 2.75) is 56.6 Å². The number of benzene rings is 4. The van der Waals surface area contributed by atoms with E-state index in [4.69, 9.17) is 23.7 Å². The maximum atomic E-state index is 6.56. The molecule has 0 radical (unpaired) electrons. The molecule has 5 nitrogen and oxygen atoms in total. The summed E-state index contributed by atoms with van der Waals surface area (Å²) in [5.74, 6) is 1.08. The third kappa shape index (κ3) is 7.88. The van der Waals surface area contributed by atoms with Gasteiger partial charge in [-0.2, -0.15) is 4.74 Å². The van der Waals surface area contributed by atoms with Crippen molar-refractivity contribution in [3.05, 3.63) is 150 Å². The van der Waals surface area contributed by atoms with Gasteiger partial charge in [0.2, 0.25) is 0 Å². The average Bonchev–Trinajstić information content (AvgIpc) is 3.75. The molecule has 5 heteroatoms. The van der Waals surface area contributed by atoms with Gasteiger partial charge in [0.1, 0.15) is 18.8 Å². The smallest absolute Gasteiger partial charge is 0.260 e. The van der Waals surface area contributed by atoms with Gasteiger partial charge in [0.25, 0.3) is 12.7 Å². The lowest BCUT2D eigenvalue weighted by Crippen LogP contribution is -2.39. The molecular weight excluding hydrogens is 524 g/mol. The SMILES string of the molecule is c1ccc(COC[C@H]2O[C@H]([CH+]OC[C@H]3C[C@@H]3c3ccccc3)[C@@H](OCc3ccccc3)[C@@H]2OCc2ccccc2)cc1. The van der Waals surface area contributed by atoms with Crippen molar-refractivity contribution in [1.29, 1.82) is 0 Å². The van der Waals surface area contributed by atoms with Gasteiger partial charge in [0, 0.05) is 0 Å². The molecule has 1 aliphatic carbocycles. The molecule has 1 aliphatic heterocycles. The minimum atomic E-state index is -0.381. The Kier molecular flexibility index (Phi) is 9.99. The summed E-state index contributed by atoms with van der Waals surface area (Å²) < 4.78 is 32.0. The highest BCUT2D eigenvalue weighted by molar-refractivity contribution is 5.25. The molecule has 2 fully saturated rings. The molecule has 42 heavy (non-hydrogen) atoms. The van der Waals surface area contributed by atoms with Crippen molar-refractivity contribution < 1.29 is 23.7 Å². The van der Waals surface area contributed by atoms with Crippen molar-refractivity contribution in [1.82, 2.24) is 0 Å². The standard InChI is InChI=1S/C37H39O5/c1-5-13-28(14-6-1)22-38-26-34-36(40-23-29-15-7-2-8-16-29)37(41-24-30-17-9-3-10-18-30)35(42-34)27-39-25-32-21-33(32)31-19-11-4-12-20-31/h1-20,27,32-37H,21-26H2/q+1/t32-,33-,34-,35-,36-,37-/m1/s1.